The third kappa shape index (κ3) is 4.34. The number of allylic oxidation sites excluding steroid dienone is 1. The van der Waals surface area contributed by atoms with Gasteiger partial charge >= 0.3 is 6.03 Å². The van der Waals surface area contributed by atoms with E-state index in [2.05, 4.69) is 29.0 Å². The molecule has 1 aromatic rings. The second-order valence-corrected chi connectivity index (χ2v) is 5.81. The van der Waals surface area contributed by atoms with Crippen molar-refractivity contribution in [3.63, 3.8) is 0 Å². The molecule has 0 radical (unpaired) electrons. The number of hydrogen-bond donors (Lipinski definition) is 2. The Kier molecular flexibility index (Phi) is 5.84. The number of carbonyl (C=O) groups excluding carboxylic acids is 1. The van der Waals surface area contributed by atoms with Crippen molar-refractivity contribution in [2.75, 3.05) is 6.54 Å². The fourth-order valence-electron chi connectivity index (χ4n) is 2.90. The molecular weight excluding hydrogens is 264 g/mol. The Hall–Kier alpha value is -1.78. The highest BCUT2D eigenvalue weighted by Crippen LogP contribution is 2.30. The minimum Gasteiger partial charge on any atom is -0.336 e. The van der Waals surface area contributed by atoms with Crippen LogP contribution in [0.2, 0.25) is 0 Å². The van der Waals surface area contributed by atoms with Gasteiger partial charge in [-0.15, -0.1) is 6.58 Å². The van der Waals surface area contributed by atoms with E-state index in [4.69, 9.17) is 0 Å². The molecule has 1 aromatic heterocycles. The van der Waals surface area contributed by atoms with Crippen LogP contribution >= 0.6 is 0 Å². The van der Waals surface area contributed by atoms with Crippen molar-refractivity contribution in [2.45, 2.75) is 57.5 Å². The summed E-state index contributed by atoms with van der Waals surface area (Å²) in [4.78, 5) is 14.5. The highest BCUT2D eigenvalue weighted by Gasteiger charge is 2.28. The summed E-state index contributed by atoms with van der Waals surface area (Å²) in [6.45, 7) is 6.61. The molecule has 0 saturated carbocycles. The quantitative estimate of drug-likeness (QED) is 0.623. The fourth-order valence-corrected chi connectivity index (χ4v) is 2.90. The van der Waals surface area contributed by atoms with E-state index in [9.17, 15) is 4.79 Å². The van der Waals surface area contributed by atoms with Gasteiger partial charge in [-0.2, -0.15) is 5.10 Å². The highest BCUT2D eigenvalue weighted by molar-refractivity contribution is 5.75. The van der Waals surface area contributed by atoms with Crippen LogP contribution in [0, 0.1) is 0 Å². The van der Waals surface area contributed by atoms with E-state index in [0.29, 0.717) is 0 Å². The molecule has 0 aliphatic carbocycles. The van der Waals surface area contributed by atoms with Crippen molar-refractivity contribution in [3.05, 3.63) is 30.6 Å². The zero-order chi connectivity index (χ0) is 15.1. The van der Waals surface area contributed by atoms with Gasteiger partial charge in [0.15, 0.2) is 0 Å². The maximum absolute atomic E-state index is 12.5. The van der Waals surface area contributed by atoms with Crippen LogP contribution in [0.5, 0.6) is 0 Å². The van der Waals surface area contributed by atoms with E-state index in [1.807, 2.05) is 23.4 Å². The van der Waals surface area contributed by atoms with E-state index in [1.54, 1.807) is 0 Å². The molecule has 0 unspecified atom stereocenters. The lowest BCUT2D eigenvalue weighted by Gasteiger charge is -2.36. The number of rotatable bonds is 6. The Labute approximate surface area is 126 Å². The first-order valence-corrected chi connectivity index (χ1v) is 7.89. The van der Waals surface area contributed by atoms with E-state index in [1.165, 1.54) is 0 Å². The van der Waals surface area contributed by atoms with Gasteiger partial charge in [0, 0.05) is 24.3 Å². The van der Waals surface area contributed by atoms with Crippen LogP contribution in [-0.2, 0) is 0 Å². The summed E-state index contributed by atoms with van der Waals surface area (Å²) in [5.74, 6) is 0. The highest BCUT2D eigenvalue weighted by atomic mass is 16.2. The summed E-state index contributed by atoms with van der Waals surface area (Å²) in [6.07, 6.45) is 11.9. The molecule has 1 saturated heterocycles. The Morgan fingerprint density at radius 2 is 2.52 bits per heavy atom. The maximum Gasteiger partial charge on any atom is 0.318 e. The van der Waals surface area contributed by atoms with Gasteiger partial charge in [-0.1, -0.05) is 6.08 Å². The topological polar surface area (TPSA) is 61.0 Å². The number of carbonyl (C=O) groups is 1. The van der Waals surface area contributed by atoms with Gasteiger partial charge < -0.3 is 10.2 Å². The Balaban J connectivity index is 1.91. The third-order valence-corrected chi connectivity index (χ3v) is 4.08. The lowest BCUT2D eigenvalue weighted by atomic mass is 9.98. The number of piperidine rings is 1. The first-order valence-electron chi connectivity index (χ1n) is 7.89. The number of unbranched alkanes of at least 4 members (excludes halogenated alkanes) is 1. The van der Waals surface area contributed by atoms with Gasteiger partial charge in [0.05, 0.1) is 12.2 Å². The average Bonchev–Trinajstić information content (AvgIpc) is 3.01. The molecule has 0 bridgehead atoms. The van der Waals surface area contributed by atoms with E-state index in [0.717, 1.165) is 50.6 Å². The zero-order valence-electron chi connectivity index (χ0n) is 12.8. The second kappa shape index (κ2) is 7.86. The van der Waals surface area contributed by atoms with Crippen molar-refractivity contribution < 1.29 is 4.79 Å². The summed E-state index contributed by atoms with van der Waals surface area (Å²) in [6, 6.07) is 0.397. The molecule has 21 heavy (non-hydrogen) atoms. The lowest BCUT2D eigenvalue weighted by Crippen LogP contribution is -2.47. The Bertz CT molecular complexity index is 443. The van der Waals surface area contributed by atoms with Crippen LogP contribution in [0.1, 0.15) is 57.1 Å². The summed E-state index contributed by atoms with van der Waals surface area (Å²) >= 11 is 0. The number of H-pyrrole nitrogens is 1. The first kappa shape index (κ1) is 15.6. The number of urea groups is 1. The monoisotopic (exact) mass is 290 g/mol. The van der Waals surface area contributed by atoms with Crippen LogP contribution in [0.3, 0.4) is 0 Å². The Morgan fingerprint density at radius 3 is 3.24 bits per heavy atom. The lowest BCUT2D eigenvalue weighted by molar-refractivity contribution is 0.148. The molecule has 5 heteroatoms. The molecule has 116 valence electrons. The summed E-state index contributed by atoms with van der Waals surface area (Å²) in [5, 5.41) is 9.98. The van der Waals surface area contributed by atoms with Gasteiger partial charge in [0.1, 0.15) is 0 Å². The van der Waals surface area contributed by atoms with E-state index in [-0.39, 0.29) is 18.1 Å². The van der Waals surface area contributed by atoms with Gasteiger partial charge in [-0.3, -0.25) is 5.10 Å². The van der Waals surface area contributed by atoms with Crippen LogP contribution in [0.4, 0.5) is 4.79 Å². The molecule has 2 heterocycles. The van der Waals surface area contributed by atoms with Gasteiger partial charge in [-0.05, 0) is 45.4 Å². The maximum atomic E-state index is 12.5. The molecule has 2 amide bonds. The van der Waals surface area contributed by atoms with Crippen molar-refractivity contribution in [3.8, 4) is 0 Å². The first-order chi connectivity index (χ1) is 10.2. The number of hydrogen-bond acceptors (Lipinski definition) is 2. The molecule has 1 aliphatic heterocycles. The van der Waals surface area contributed by atoms with Crippen molar-refractivity contribution in [1.82, 2.24) is 20.4 Å². The minimum absolute atomic E-state index is 0.0482. The zero-order valence-corrected chi connectivity index (χ0v) is 12.8. The van der Waals surface area contributed by atoms with Crippen LogP contribution < -0.4 is 5.32 Å². The van der Waals surface area contributed by atoms with Crippen molar-refractivity contribution >= 4 is 6.03 Å². The van der Waals surface area contributed by atoms with E-state index >= 15 is 0 Å². The van der Waals surface area contributed by atoms with Crippen LogP contribution in [-0.4, -0.2) is 33.7 Å². The summed E-state index contributed by atoms with van der Waals surface area (Å²) < 4.78 is 0. The second-order valence-electron chi connectivity index (χ2n) is 5.81. The number of aromatic nitrogens is 2. The predicted molar refractivity (Wildman–Crippen MR) is 83.9 cm³/mol. The summed E-state index contributed by atoms with van der Waals surface area (Å²) in [7, 11) is 0. The predicted octanol–water partition coefficient (Wildman–Crippen LogP) is 3.39. The number of nitrogens with zero attached hydrogens (tertiary/aromatic N) is 2. The largest absolute Gasteiger partial charge is 0.336 e. The molecule has 0 aromatic carbocycles. The minimum atomic E-state index is 0.0482. The molecule has 2 N–H and O–H groups in total. The fraction of sp³-hybridized carbons (Fsp3) is 0.625. The smallest absolute Gasteiger partial charge is 0.318 e. The normalized spacial score (nSPS) is 20.0. The van der Waals surface area contributed by atoms with Crippen LogP contribution in [0.25, 0.3) is 0 Å². The average molecular weight is 290 g/mol. The van der Waals surface area contributed by atoms with Crippen LogP contribution in [0.15, 0.2) is 25.0 Å². The number of aromatic amines is 1. The number of likely N-dealkylation sites (tertiary alicyclic amines) is 1. The molecule has 5 nitrogen and oxygen atoms in total. The van der Waals surface area contributed by atoms with Crippen molar-refractivity contribution in [1.29, 1.82) is 0 Å². The molecule has 1 fully saturated rings. The molecule has 2 atom stereocenters. The van der Waals surface area contributed by atoms with Gasteiger partial charge in [-0.25, -0.2) is 4.79 Å². The number of nitrogens with one attached hydrogen (secondary N) is 2. The summed E-state index contributed by atoms with van der Waals surface area (Å²) in [5.41, 5.74) is 1.10. The molecular formula is C16H26N4O. The number of amides is 2. The molecule has 0 spiro atoms. The SMILES string of the molecule is C=CCCC[C@H](C)NC(=O)N1CCCC[C@@H]1c1cn[nH]c1. The Morgan fingerprint density at radius 1 is 1.67 bits per heavy atom. The molecule has 1 aliphatic rings. The van der Waals surface area contributed by atoms with E-state index < -0.39 is 0 Å². The van der Waals surface area contributed by atoms with Gasteiger partial charge in [0.25, 0.3) is 0 Å². The van der Waals surface area contributed by atoms with Gasteiger partial charge in [0.2, 0.25) is 0 Å². The third-order valence-electron chi connectivity index (χ3n) is 4.08. The molecule has 2 rings (SSSR count). The standard InChI is InChI=1S/C16H26N4O/c1-3-4-5-8-13(2)19-16(21)20-10-7-6-9-15(20)14-11-17-18-12-14/h3,11-13,15H,1,4-10H2,2H3,(H,17,18)(H,19,21)/t13-,15+/m0/s1. The van der Waals surface area contributed by atoms with Crippen molar-refractivity contribution in [2.24, 2.45) is 0 Å².